The standard InChI is InChI=1S/C17H27N3O2.HI/c1-12-6-7-15(21-5)14(8-12)13(2)20-16(18-4)19-9-17(3)10-22-11-17;/h6-8,13H,9-11H2,1-5H3,(H2,18,19,20);1H. The molecule has 0 amide bonds. The maximum atomic E-state index is 5.46. The van der Waals surface area contributed by atoms with Crippen LogP contribution in [0.1, 0.15) is 31.0 Å². The lowest BCUT2D eigenvalue weighted by Crippen LogP contribution is -2.51. The summed E-state index contributed by atoms with van der Waals surface area (Å²) in [5.74, 6) is 1.68. The Balaban J connectivity index is 0.00000264. The number of nitrogens with one attached hydrogen (secondary N) is 2. The predicted molar refractivity (Wildman–Crippen MR) is 105 cm³/mol. The zero-order valence-corrected chi connectivity index (χ0v) is 16.9. The highest BCUT2D eigenvalue weighted by atomic mass is 127. The van der Waals surface area contributed by atoms with Crippen LogP contribution in [0, 0.1) is 12.3 Å². The third-order valence-electron chi connectivity index (χ3n) is 4.01. The van der Waals surface area contributed by atoms with Crippen LogP contribution in [0.25, 0.3) is 0 Å². The van der Waals surface area contributed by atoms with Crippen molar-refractivity contribution >= 4 is 29.9 Å². The number of benzene rings is 1. The first-order chi connectivity index (χ1) is 10.5. The molecule has 1 aliphatic heterocycles. The molecular weight excluding hydrogens is 405 g/mol. The zero-order valence-electron chi connectivity index (χ0n) is 14.6. The molecule has 130 valence electrons. The summed E-state index contributed by atoms with van der Waals surface area (Å²) in [4.78, 5) is 4.31. The van der Waals surface area contributed by atoms with Gasteiger partial charge >= 0.3 is 0 Å². The van der Waals surface area contributed by atoms with E-state index >= 15 is 0 Å². The van der Waals surface area contributed by atoms with Crippen LogP contribution < -0.4 is 15.4 Å². The van der Waals surface area contributed by atoms with Crippen LogP contribution in [-0.4, -0.2) is 39.9 Å². The first kappa shape index (κ1) is 20.0. The van der Waals surface area contributed by atoms with Gasteiger partial charge in [-0.05, 0) is 19.9 Å². The monoisotopic (exact) mass is 433 g/mol. The smallest absolute Gasteiger partial charge is 0.191 e. The Morgan fingerprint density at radius 1 is 1.43 bits per heavy atom. The van der Waals surface area contributed by atoms with E-state index in [9.17, 15) is 0 Å². The fourth-order valence-electron chi connectivity index (χ4n) is 2.52. The summed E-state index contributed by atoms with van der Waals surface area (Å²) in [7, 11) is 3.49. The minimum Gasteiger partial charge on any atom is -0.496 e. The third-order valence-corrected chi connectivity index (χ3v) is 4.01. The van der Waals surface area contributed by atoms with Gasteiger partial charge in [-0.25, -0.2) is 0 Å². The summed E-state index contributed by atoms with van der Waals surface area (Å²) in [6, 6.07) is 6.31. The number of hydrogen-bond donors (Lipinski definition) is 2. The van der Waals surface area contributed by atoms with Crippen LogP contribution >= 0.6 is 24.0 Å². The average molecular weight is 433 g/mol. The highest BCUT2D eigenvalue weighted by Crippen LogP contribution is 2.27. The van der Waals surface area contributed by atoms with Gasteiger partial charge in [-0.3, -0.25) is 4.99 Å². The fourth-order valence-corrected chi connectivity index (χ4v) is 2.52. The van der Waals surface area contributed by atoms with E-state index in [4.69, 9.17) is 9.47 Å². The Labute approximate surface area is 156 Å². The normalized spacial score (nSPS) is 17.5. The van der Waals surface area contributed by atoms with Gasteiger partial charge in [0.2, 0.25) is 0 Å². The Morgan fingerprint density at radius 2 is 2.13 bits per heavy atom. The van der Waals surface area contributed by atoms with Gasteiger partial charge in [0.1, 0.15) is 5.75 Å². The van der Waals surface area contributed by atoms with Crippen molar-refractivity contribution in [2.75, 3.05) is 33.9 Å². The molecule has 0 saturated carbocycles. The lowest BCUT2D eigenvalue weighted by atomic mass is 9.89. The number of methoxy groups -OCH3 is 1. The number of nitrogens with zero attached hydrogens (tertiary/aromatic N) is 1. The zero-order chi connectivity index (χ0) is 16.2. The van der Waals surface area contributed by atoms with Gasteiger partial charge in [0.15, 0.2) is 5.96 Å². The van der Waals surface area contributed by atoms with E-state index in [2.05, 4.69) is 48.5 Å². The van der Waals surface area contributed by atoms with E-state index in [1.165, 1.54) is 5.56 Å². The lowest BCUT2D eigenvalue weighted by Gasteiger charge is -2.38. The molecule has 1 heterocycles. The minimum absolute atomic E-state index is 0. The fraction of sp³-hybridized carbons (Fsp3) is 0.588. The van der Waals surface area contributed by atoms with Gasteiger partial charge in [-0.2, -0.15) is 0 Å². The van der Waals surface area contributed by atoms with Crippen molar-refractivity contribution in [2.45, 2.75) is 26.8 Å². The largest absolute Gasteiger partial charge is 0.496 e. The Hall–Kier alpha value is -1.02. The molecule has 1 aliphatic rings. The van der Waals surface area contributed by atoms with Crippen molar-refractivity contribution in [1.29, 1.82) is 0 Å². The van der Waals surface area contributed by atoms with Gasteiger partial charge < -0.3 is 20.1 Å². The number of aliphatic imine (C=N–C) groups is 1. The second-order valence-electron chi connectivity index (χ2n) is 6.34. The molecule has 1 unspecified atom stereocenters. The highest BCUT2D eigenvalue weighted by Gasteiger charge is 2.33. The quantitative estimate of drug-likeness (QED) is 0.426. The molecule has 0 aromatic heterocycles. The molecule has 6 heteroatoms. The third kappa shape index (κ3) is 5.24. The predicted octanol–water partition coefficient (Wildman–Crippen LogP) is 2.88. The van der Waals surface area contributed by atoms with E-state index in [1.54, 1.807) is 14.2 Å². The highest BCUT2D eigenvalue weighted by molar-refractivity contribution is 14.0. The van der Waals surface area contributed by atoms with Crippen LogP contribution in [0.5, 0.6) is 5.75 Å². The maximum absolute atomic E-state index is 5.46. The Kier molecular flexibility index (Phi) is 7.60. The number of rotatable bonds is 5. The maximum Gasteiger partial charge on any atom is 0.191 e. The van der Waals surface area contributed by atoms with Gasteiger partial charge in [-0.15, -0.1) is 24.0 Å². The van der Waals surface area contributed by atoms with Crippen LogP contribution in [0.2, 0.25) is 0 Å². The lowest BCUT2D eigenvalue weighted by molar-refractivity contribution is -0.0971. The SMILES string of the molecule is CN=C(NCC1(C)COC1)NC(C)c1cc(C)ccc1OC.I. The van der Waals surface area contributed by atoms with Crippen molar-refractivity contribution in [3.05, 3.63) is 29.3 Å². The number of ether oxygens (including phenoxy) is 2. The summed E-state index contributed by atoms with van der Waals surface area (Å²) < 4.78 is 10.7. The Morgan fingerprint density at radius 3 is 2.65 bits per heavy atom. The van der Waals surface area contributed by atoms with E-state index in [0.29, 0.717) is 0 Å². The molecule has 1 atom stereocenters. The summed E-state index contributed by atoms with van der Waals surface area (Å²) in [5.41, 5.74) is 2.55. The number of halogens is 1. The summed E-state index contributed by atoms with van der Waals surface area (Å²) in [6.07, 6.45) is 0. The van der Waals surface area contributed by atoms with Gasteiger partial charge in [0, 0.05) is 24.6 Å². The molecule has 1 saturated heterocycles. The van der Waals surface area contributed by atoms with E-state index in [-0.39, 0.29) is 35.4 Å². The molecule has 1 aromatic rings. The van der Waals surface area contributed by atoms with Crippen molar-refractivity contribution in [1.82, 2.24) is 10.6 Å². The first-order valence-electron chi connectivity index (χ1n) is 7.67. The molecule has 2 rings (SSSR count). The number of hydrogen-bond acceptors (Lipinski definition) is 3. The first-order valence-corrected chi connectivity index (χ1v) is 7.67. The second-order valence-corrected chi connectivity index (χ2v) is 6.34. The van der Waals surface area contributed by atoms with Gasteiger partial charge in [-0.1, -0.05) is 24.6 Å². The van der Waals surface area contributed by atoms with Crippen molar-refractivity contribution in [2.24, 2.45) is 10.4 Å². The van der Waals surface area contributed by atoms with E-state index < -0.39 is 0 Å². The van der Waals surface area contributed by atoms with E-state index in [1.807, 2.05) is 6.07 Å². The summed E-state index contributed by atoms with van der Waals surface area (Å²) in [5, 5.41) is 6.81. The summed E-state index contributed by atoms with van der Waals surface area (Å²) in [6.45, 7) is 8.86. The Bertz CT molecular complexity index is 545. The average Bonchev–Trinajstić information content (AvgIpc) is 2.49. The van der Waals surface area contributed by atoms with Crippen LogP contribution in [0.15, 0.2) is 23.2 Å². The molecule has 23 heavy (non-hydrogen) atoms. The van der Waals surface area contributed by atoms with Gasteiger partial charge in [0.25, 0.3) is 0 Å². The van der Waals surface area contributed by atoms with Crippen molar-refractivity contribution in [3.63, 3.8) is 0 Å². The number of aryl methyl sites for hydroxylation is 1. The van der Waals surface area contributed by atoms with Gasteiger partial charge in [0.05, 0.1) is 26.4 Å². The second kappa shape index (κ2) is 8.73. The molecule has 0 spiro atoms. The van der Waals surface area contributed by atoms with Crippen LogP contribution in [0.4, 0.5) is 0 Å². The van der Waals surface area contributed by atoms with Crippen LogP contribution in [-0.2, 0) is 4.74 Å². The van der Waals surface area contributed by atoms with Crippen molar-refractivity contribution < 1.29 is 9.47 Å². The van der Waals surface area contributed by atoms with Crippen molar-refractivity contribution in [3.8, 4) is 5.75 Å². The molecule has 5 nitrogen and oxygen atoms in total. The molecule has 1 fully saturated rings. The molecule has 2 N–H and O–H groups in total. The molecule has 1 aromatic carbocycles. The molecule has 0 radical (unpaired) electrons. The minimum atomic E-state index is 0. The topological polar surface area (TPSA) is 54.9 Å². The molecule has 0 aliphatic carbocycles. The van der Waals surface area contributed by atoms with E-state index in [0.717, 1.165) is 37.0 Å². The molecule has 0 bridgehead atoms. The van der Waals surface area contributed by atoms with Crippen LogP contribution in [0.3, 0.4) is 0 Å². The molecular formula is C17H28IN3O2. The summed E-state index contributed by atoms with van der Waals surface area (Å²) >= 11 is 0. The number of guanidine groups is 1.